The lowest BCUT2D eigenvalue weighted by molar-refractivity contribution is 0.226. The molecule has 0 aromatic heterocycles. The summed E-state index contributed by atoms with van der Waals surface area (Å²) in [6.45, 7) is 4.47. The van der Waals surface area contributed by atoms with Gasteiger partial charge < -0.3 is 20.5 Å². The first-order chi connectivity index (χ1) is 12.1. The fraction of sp³-hybridized carbons (Fsp3) is 0.350. The van der Waals surface area contributed by atoms with Gasteiger partial charge in [0.25, 0.3) is 0 Å². The molecule has 3 N–H and O–H groups in total. The Kier molecular flexibility index (Phi) is 7.29. The van der Waals surface area contributed by atoms with Gasteiger partial charge in [-0.25, -0.2) is 4.79 Å². The second kappa shape index (κ2) is 9.69. The number of ether oxygens (including phenoxy) is 1. The molecule has 0 aliphatic carbocycles. The highest BCUT2D eigenvalue weighted by atomic mass is 16.5. The molecule has 25 heavy (non-hydrogen) atoms. The van der Waals surface area contributed by atoms with Crippen molar-refractivity contribution in [3.05, 3.63) is 65.7 Å². The lowest BCUT2D eigenvalue weighted by Crippen LogP contribution is -2.39. The van der Waals surface area contributed by atoms with Crippen molar-refractivity contribution in [2.45, 2.75) is 32.4 Å². The summed E-state index contributed by atoms with van der Waals surface area (Å²) in [6.07, 6.45) is 0.464. The smallest absolute Gasteiger partial charge is 0.315 e. The number of benzene rings is 2. The van der Waals surface area contributed by atoms with E-state index in [4.69, 9.17) is 4.74 Å². The molecule has 0 aliphatic rings. The maximum absolute atomic E-state index is 12.4. The minimum Gasteiger partial charge on any atom is -0.494 e. The summed E-state index contributed by atoms with van der Waals surface area (Å²) >= 11 is 0. The lowest BCUT2D eigenvalue weighted by atomic mass is 10.0. The molecule has 134 valence electrons. The number of aliphatic hydroxyl groups excluding tert-OH is 1. The zero-order chi connectivity index (χ0) is 18.1. The van der Waals surface area contributed by atoms with Crippen molar-refractivity contribution in [2.75, 3.05) is 13.2 Å². The second-order valence-electron chi connectivity index (χ2n) is 5.82. The summed E-state index contributed by atoms with van der Waals surface area (Å²) in [5.74, 6) is 0.788. The van der Waals surface area contributed by atoms with Crippen molar-refractivity contribution >= 4 is 6.03 Å². The zero-order valence-electron chi connectivity index (χ0n) is 14.7. The zero-order valence-corrected chi connectivity index (χ0v) is 14.7. The summed E-state index contributed by atoms with van der Waals surface area (Å²) < 4.78 is 5.50. The summed E-state index contributed by atoms with van der Waals surface area (Å²) in [5.41, 5.74) is 1.94. The van der Waals surface area contributed by atoms with Crippen LogP contribution in [0.2, 0.25) is 0 Å². The normalized spacial score (nSPS) is 12.9. The van der Waals surface area contributed by atoms with Crippen LogP contribution in [0.3, 0.4) is 0 Å². The Balaban J connectivity index is 1.99. The molecule has 0 radical (unpaired) electrons. The molecule has 1 unspecified atom stereocenters. The fourth-order valence-corrected chi connectivity index (χ4v) is 2.66. The quantitative estimate of drug-likeness (QED) is 0.687. The minimum absolute atomic E-state index is 0.00575. The molecule has 2 aromatic rings. The van der Waals surface area contributed by atoms with E-state index in [0.717, 1.165) is 16.9 Å². The van der Waals surface area contributed by atoms with Crippen LogP contribution in [0.5, 0.6) is 5.75 Å². The van der Waals surface area contributed by atoms with Crippen LogP contribution in [0, 0.1) is 0 Å². The van der Waals surface area contributed by atoms with Gasteiger partial charge in [0.15, 0.2) is 0 Å². The molecule has 0 saturated heterocycles. The molecule has 2 amide bonds. The van der Waals surface area contributed by atoms with E-state index in [0.29, 0.717) is 13.0 Å². The van der Waals surface area contributed by atoms with E-state index < -0.39 is 0 Å². The molecule has 2 aromatic carbocycles. The van der Waals surface area contributed by atoms with Crippen LogP contribution >= 0.6 is 0 Å². The van der Waals surface area contributed by atoms with Crippen LogP contribution in [0.25, 0.3) is 0 Å². The van der Waals surface area contributed by atoms with Gasteiger partial charge in [0.05, 0.1) is 18.7 Å². The molecule has 0 saturated carbocycles. The van der Waals surface area contributed by atoms with Gasteiger partial charge in [-0.05, 0) is 43.5 Å². The number of carbonyl (C=O) groups excluding carboxylic acids is 1. The Morgan fingerprint density at radius 2 is 1.80 bits per heavy atom. The maximum Gasteiger partial charge on any atom is 0.315 e. The first-order valence-electron chi connectivity index (χ1n) is 8.59. The standard InChI is InChI=1S/C20H26N2O3/c1-3-25-18-11-7-10-17(14-18)15(2)21-20(24)22-19(12-13-23)16-8-5-4-6-9-16/h4-11,14-15,19,23H,3,12-13H2,1-2H3,(H2,21,22,24)/t15?,19-/m1/s1. The van der Waals surface area contributed by atoms with Gasteiger partial charge in [0.2, 0.25) is 0 Å². The van der Waals surface area contributed by atoms with Crippen LogP contribution < -0.4 is 15.4 Å². The van der Waals surface area contributed by atoms with Crippen molar-refractivity contribution in [1.29, 1.82) is 0 Å². The van der Waals surface area contributed by atoms with Gasteiger partial charge >= 0.3 is 6.03 Å². The molecule has 5 heteroatoms. The highest BCUT2D eigenvalue weighted by molar-refractivity contribution is 5.75. The van der Waals surface area contributed by atoms with E-state index in [-0.39, 0.29) is 24.7 Å². The number of carbonyl (C=O) groups is 1. The molecule has 0 bridgehead atoms. The lowest BCUT2D eigenvalue weighted by Gasteiger charge is -2.21. The Hall–Kier alpha value is -2.53. The molecule has 0 fully saturated rings. The molecule has 2 rings (SSSR count). The van der Waals surface area contributed by atoms with E-state index in [9.17, 15) is 9.90 Å². The molecule has 0 heterocycles. The summed E-state index contributed by atoms with van der Waals surface area (Å²) in [4.78, 5) is 12.4. The summed E-state index contributed by atoms with van der Waals surface area (Å²) in [5, 5.41) is 15.1. The van der Waals surface area contributed by atoms with Gasteiger partial charge in [-0.2, -0.15) is 0 Å². The van der Waals surface area contributed by atoms with Gasteiger partial charge in [0, 0.05) is 6.61 Å². The molecule has 0 aliphatic heterocycles. The number of hydrogen-bond donors (Lipinski definition) is 3. The molecule has 0 spiro atoms. The third-order valence-electron chi connectivity index (χ3n) is 3.94. The van der Waals surface area contributed by atoms with Crippen molar-refractivity contribution in [3.63, 3.8) is 0 Å². The first kappa shape index (κ1) is 18.8. The van der Waals surface area contributed by atoms with Crippen molar-refractivity contribution < 1.29 is 14.6 Å². The largest absolute Gasteiger partial charge is 0.494 e. The third-order valence-corrected chi connectivity index (χ3v) is 3.94. The summed E-state index contributed by atoms with van der Waals surface area (Å²) in [7, 11) is 0. The van der Waals surface area contributed by atoms with E-state index in [1.165, 1.54) is 0 Å². The van der Waals surface area contributed by atoms with E-state index in [1.807, 2.05) is 68.4 Å². The van der Waals surface area contributed by atoms with Crippen molar-refractivity contribution in [3.8, 4) is 5.75 Å². The van der Waals surface area contributed by atoms with Gasteiger partial charge in [-0.15, -0.1) is 0 Å². The second-order valence-corrected chi connectivity index (χ2v) is 5.82. The van der Waals surface area contributed by atoms with Crippen LogP contribution in [0.15, 0.2) is 54.6 Å². The van der Waals surface area contributed by atoms with Gasteiger partial charge in [0.1, 0.15) is 5.75 Å². The molecular weight excluding hydrogens is 316 g/mol. The average Bonchev–Trinajstić information content (AvgIpc) is 2.62. The van der Waals surface area contributed by atoms with Crippen molar-refractivity contribution in [2.24, 2.45) is 0 Å². The molecular formula is C20H26N2O3. The van der Waals surface area contributed by atoms with Crippen LogP contribution in [-0.4, -0.2) is 24.4 Å². The predicted molar refractivity (Wildman–Crippen MR) is 98.6 cm³/mol. The van der Waals surface area contributed by atoms with Crippen LogP contribution in [-0.2, 0) is 0 Å². The van der Waals surface area contributed by atoms with Gasteiger partial charge in [-0.3, -0.25) is 0 Å². The van der Waals surface area contributed by atoms with E-state index in [2.05, 4.69) is 10.6 Å². The number of urea groups is 1. The van der Waals surface area contributed by atoms with Crippen LogP contribution in [0.1, 0.15) is 43.5 Å². The third kappa shape index (κ3) is 5.80. The Bertz CT molecular complexity index is 661. The molecule has 5 nitrogen and oxygen atoms in total. The minimum atomic E-state index is -0.267. The number of aliphatic hydroxyl groups is 1. The SMILES string of the molecule is CCOc1cccc(C(C)NC(=O)N[C@H](CCO)c2ccccc2)c1. The number of rotatable bonds is 8. The van der Waals surface area contributed by atoms with E-state index in [1.54, 1.807) is 0 Å². The average molecular weight is 342 g/mol. The topological polar surface area (TPSA) is 70.6 Å². The monoisotopic (exact) mass is 342 g/mol. The first-order valence-corrected chi connectivity index (χ1v) is 8.59. The highest BCUT2D eigenvalue weighted by Gasteiger charge is 2.16. The highest BCUT2D eigenvalue weighted by Crippen LogP contribution is 2.20. The number of amides is 2. The fourth-order valence-electron chi connectivity index (χ4n) is 2.66. The Morgan fingerprint density at radius 1 is 1.08 bits per heavy atom. The number of nitrogens with one attached hydrogen (secondary N) is 2. The van der Waals surface area contributed by atoms with E-state index >= 15 is 0 Å². The Morgan fingerprint density at radius 3 is 2.48 bits per heavy atom. The maximum atomic E-state index is 12.4. The molecule has 2 atom stereocenters. The Labute approximate surface area is 149 Å². The van der Waals surface area contributed by atoms with Crippen molar-refractivity contribution in [1.82, 2.24) is 10.6 Å². The van der Waals surface area contributed by atoms with Crippen LogP contribution in [0.4, 0.5) is 4.79 Å². The predicted octanol–water partition coefficient (Wildman–Crippen LogP) is 3.57. The number of hydrogen-bond acceptors (Lipinski definition) is 3. The van der Waals surface area contributed by atoms with Gasteiger partial charge in [-0.1, -0.05) is 42.5 Å². The summed E-state index contributed by atoms with van der Waals surface area (Å²) in [6, 6.07) is 16.7.